The first-order valence-electron chi connectivity index (χ1n) is 13.3. The van der Waals surface area contributed by atoms with Crippen LogP contribution in [0.3, 0.4) is 0 Å². The van der Waals surface area contributed by atoms with E-state index in [1.807, 2.05) is 19.9 Å². The number of hydrogen-bond acceptors (Lipinski definition) is 6. The Kier molecular flexibility index (Phi) is 7.12. The second kappa shape index (κ2) is 10.3. The Labute approximate surface area is 239 Å². The average Bonchev–Trinajstić information content (AvgIpc) is 3.26. The molecule has 1 N–H and O–H groups in total. The van der Waals surface area contributed by atoms with E-state index in [-0.39, 0.29) is 27.8 Å². The summed E-state index contributed by atoms with van der Waals surface area (Å²) < 4.78 is 55.0. The Bertz CT molecular complexity index is 1900. The molecule has 2 heterocycles. The van der Waals surface area contributed by atoms with Crippen molar-refractivity contribution < 1.29 is 27.1 Å². The zero-order chi connectivity index (χ0) is 30.6. The number of alkyl halides is 3. The molecule has 5 rings (SSSR count). The molecule has 0 aliphatic carbocycles. The third-order valence-electron chi connectivity index (χ3n) is 6.70. The maximum atomic E-state index is 14.0. The van der Waals surface area contributed by atoms with Gasteiger partial charge in [0.25, 0.3) is 0 Å². The van der Waals surface area contributed by atoms with Crippen molar-refractivity contribution in [2.24, 2.45) is 7.05 Å². The molecule has 0 saturated heterocycles. The number of aromatic nitrogens is 2. The highest BCUT2D eigenvalue weighted by molar-refractivity contribution is 5.96. The van der Waals surface area contributed by atoms with E-state index in [1.165, 1.54) is 23.0 Å². The highest BCUT2D eigenvalue weighted by atomic mass is 19.4. The number of fused-ring (bicyclic) bond motifs is 2. The highest BCUT2D eigenvalue weighted by Gasteiger charge is 2.35. The van der Waals surface area contributed by atoms with Crippen LogP contribution in [0.25, 0.3) is 33.2 Å². The number of halogens is 3. The molecule has 0 fully saturated rings. The monoisotopic (exact) mass is 577 g/mol. The van der Waals surface area contributed by atoms with Crippen molar-refractivity contribution in [2.45, 2.75) is 52.4 Å². The number of anilines is 1. The number of benzene rings is 3. The first-order chi connectivity index (χ1) is 19.6. The third kappa shape index (κ3) is 5.74. The summed E-state index contributed by atoms with van der Waals surface area (Å²) in [7, 11) is 1.54. The SMILES string of the molecule is Cc1cc([C@@H](C)Nc2ccccc2C(=O)OC(C)(C)C)c2oc(-c3cc(C(F)(F)F)c4nn(C)cc4c3)cc(=O)c2c1. The fourth-order valence-electron chi connectivity index (χ4n) is 4.94. The van der Waals surface area contributed by atoms with Crippen LogP contribution in [-0.2, 0) is 18.0 Å². The molecule has 0 amide bonds. The molecule has 0 bridgehead atoms. The van der Waals surface area contributed by atoms with Crippen molar-refractivity contribution in [3.05, 3.63) is 93.3 Å². The number of ether oxygens (including phenoxy) is 1. The lowest BCUT2D eigenvalue weighted by atomic mass is 9.99. The molecular formula is C32H30F3N3O4. The minimum atomic E-state index is -4.66. The number of aryl methyl sites for hydroxylation is 2. The van der Waals surface area contributed by atoms with Gasteiger partial charge in [-0.05, 0) is 70.5 Å². The van der Waals surface area contributed by atoms with E-state index in [4.69, 9.17) is 9.15 Å². The Hall–Kier alpha value is -4.60. The van der Waals surface area contributed by atoms with Gasteiger partial charge < -0.3 is 14.5 Å². The van der Waals surface area contributed by atoms with Crippen LogP contribution in [0.4, 0.5) is 18.9 Å². The van der Waals surface area contributed by atoms with E-state index in [0.29, 0.717) is 22.2 Å². The summed E-state index contributed by atoms with van der Waals surface area (Å²) in [6, 6.07) is 13.6. The third-order valence-corrected chi connectivity index (χ3v) is 6.70. The van der Waals surface area contributed by atoms with Gasteiger partial charge in [-0.3, -0.25) is 9.48 Å². The quantitative estimate of drug-likeness (QED) is 0.215. The van der Waals surface area contributed by atoms with Crippen molar-refractivity contribution >= 4 is 33.5 Å². The number of hydrogen-bond donors (Lipinski definition) is 1. The summed E-state index contributed by atoms with van der Waals surface area (Å²) in [5.74, 6) is -0.498. The number of carbonyl (C=O) groups is 1. The van der Waals surface area contributed by atoms with E-state index >= 15 is 0 Å². The van der Waals surface area contributed by atoms with Gasteiger partial charge in [0.2, 0.25) is 0 Å². The minimum Gasteiger partial charge on any atom is -0.456 e. The average molecular weight is 578 g/mol. The Morgan fingerprint density at radius 2 is 1.79 bits per heavy atom. The van der Waals surface area contributed by atoms with E-state index in [2.05, 4.69) is 10.4 Å². The number of esters is 1. The van der Waals surface area contributed by atoms with Crippen molar-refractivity contribution in [1.29, 1.82) is 0 Å². The number of para-hydroxylation sites is 1. The zero-order valence-electron chi connectivity index (χ0n) is 24.0. The largest absolute Gasteiger partial charge is 0.456 e. The van der Waals surface area contributed by atoms with Crippen molar-refractivity contribution in [3.63, 3.8) is 0 Å². The zero-order valence-corrected chi connectivity index (χ0v) is 24.0. The van der Waals surface area contributed by atoms with Gasteiger partial charge in [-0.25, -0.2) is 4.79 Å². The summed E-state index contributed by atoms with van der Waals surface area (Å²) in [5, 5.41) is 7.86. The number of rotatable bonds is 5. The van der Waals surface area contributed by atoms with Crippen LogP contribution in [0.15, 0.2) is 70.0 Å². The molecule has 0 radical (unpaired) electrons. The summed E-state index contributed by atoms with van der Waals surface area (Å²) in [6.07, 6.45) is -3.18. The van der Waals surface area contributed by atoms with Crippen LogP contribution >= 0.6 is 0 Å². The van der Waals surface area contributed by atoms with Gasteiger partial charge in [-0.15, -0.1) is 0 Å². The van der Waals surface area contributed by atoms with Crippen molar-refractivity contribution in [3.8, 4) is 11.3 Å². The molecule has 1 atom stereocenters. The Morgan fingerprint density at radius 3 is 2.48 bits per heavy atom. The van der Waals surface area contributed by atoms with Crippen molar-refractivity contribution in [2.75, 3.05) is 5.32 Å². The molecule has 3 aromatic carbocycles. The van der Waals surface area contributed by atoms with Gasteiger partial charge in [0.05, 0.1) is 22.6 Å². The maximum absolute atomic E-state index is 14.0. The Morgan fingerprint density at radius 1 is 1.07 bits per heavy atom. The smallest absolute Gasteiger partial charge is 0.418 e. The molecule has 0 aliphatic rings. The van der Waals surface area contributed by atoms with Gasteiger partial charge >= 0.3 is 12.1 Å². The van der Waals surface area contributed by atoms with Crippen LogP contribution in [0, 0.1) is 6.92 Å². The lowest BCUT2D eigenvalue weighted by Crippen LogP contribution is -2.24. The molecule has 2 aromatic heterocycles. The molecular weight excluding hydrogens is 547 g/mol. The van der Waals surface area contributed by atoms with Gasteiger partial charge in [0.1, 0.15) is 22.5 Å². The summed E-state index contributed by atoms with van der Waals surface area (Å²) in [4.78, 5) is 26.2. The molecule has 10 heteroatoms. The lowest BCUT2D eigenvalue weighted by Gasteiger charge is -2.23. The summed E-state index contributed by atoms with van der Waals surface area (Å²) >= 11 is 0. The maximum Gasteiger partial charge on any atom is 0.418 e. The first-order valence-corrected chi connectivity index (χ1v) is 13.3. The van der Waals surface area contributed by atoms with E-state index in [9.17, 15) is 22.8 Å². The molecule has 0 aliphatic heterocycles. The minimum absolute atomic E-state index is 0.00443. The highest BCUT2D eigenvalue weighted by Crippen LogP contribution is 2.38. The van der Waals surface area contributed by atoms with Crippen LogP contribution < -0.4 is 10.7 Å². The molecule has 0 saturated carbocycles. The fourth-order valence-corrected chi connectivity index (χ4v) is 4.94. The van der Waals surface area contributed by atoms with Crippen LogP contribution in [-0.4, -0.2) is 21.4 Å². The van der Waals surface area contributed by atoms with Gasteiger partial charge in [0.15, 0.2) is 5.43 Å². The molecule has 0 unspecified atom stereocenters. The predicted molar refractivity (Wildman–Crippen MR) is 156 cm³/mol. The number of nitrogens with one attached hydrogen (secondary N) is 1. The van der Waals surface area contributed by atoms with Crippen molar-refractivity contribution in [1.82, 2.24) is 9.78 Å². The van der Waals surface area contributed by atoms with E-state index < -0.39 is 34.8 Å². The standard InChI is InChI=1S/C32H30F3N3O4/c1-17-11-22(18(2)36-25-10-8-7-9-21(25)30(40)42-31(3,4)5)29-23(12-17)26(39)15-27(41-29)19-13-20-16-38(6)37-28(20)24(14-19)32(33,34)35/h7-16,18,36H,1-6H3/t18-/m1/s1. The van der Waals surface area contributed by atoms with Gasteiger partial charge in [0, 0.05) is 41.5 Å². The number of nitrogens with zero attached hydrogens (tertiary/aromatic N) is 2. The second-order valence-electron chi connectivity index (χ2n) is 11.4. The summed E-state index contributed by atoms with van der Waals surface area (Å²) in [6.45, 7) is 9.03. The summed E-state index contributed by atoms with van der Waals surface area (Å²) in [5.41, 5.74) is 0.397. The topological polar surface area (TPSA) is 86.4 Å². The Balaban J connectivity index is 1.62. The number of carbonyl (C=O) groups excluding carboxylic acids is 1. The molecule has 5 aromatic rings. The van der Waals surface area contributed by atoms with Crippen LogP contribution in [0.5, 0.6) is 0 Å². The first kappa shape index (κ1) is 28.9. The normalized spacial score (nSPS) is 13.0. The fraction of sp³-hybridized carbons (Fsp3) is 0.281. The molecule has 7 nitrogen and oxygen atoms in total. The molecule has 218 valence electrons. The van der Waals surface area contributed by atoms with Gasteiger partial charge in [-0.2, -0.15) is 18.3 Å². The van der Waals surface area contributed by atoms with Crippen LogP contribution in [0.2, 0.25) is 0 Å². The van der Waals surface area contributed by atoms with Gasteiger partial charge in [-0.1, -0.05) is 18.2 Å². The predicted octanol–water partition coefficient (Wildman–Crippen LogP) is 7.80. The van der Waals surface area contributed by atoms with Crippen LogP contribution in [0.1, 0.15) is 60.8 Å². The van der Waals surface area contributed by atoms with E-state index in [0.717, 1.165) is 11.6 Å². The molecule has 0 spiro atoms. The lowest BCUT2D eigenvalue weighted by molar-refractivity contribution is -0.136. The molecule has 42 heavy (non-hydrogen) atoms. The van der Waals surface area contributed by atoms with E-state index in [1.54, 1.807) is 58.2 Å². The second-order valence-corrected chi connectivity index (χ2v) is 11.4.